The number of likely N-dealkylation sites (tertiary alicyclic amines) is 1. The first-order chi connectivity index (χ1) is 8.65. The van der Waals surface area contributed by atoms with Crippen molar-refractivity contribution in [2.75, 3.05) is 19.6 Å². The van der Waals surface area contributed by atoms with Crippen LogP contribution in [0.5, 0.6) is 0 Å². The van der Waals surface area contributed by atoms with E-state index in [1.807, 2.05) is 0 Å². The Hall–Kier alpha value is -1.56. The maximum atomic E-state index is 11.7. The smallest absolute Gasteiger partial charge is 0.242 e. The van der Waals surface area contributed by atoms with E-state index in [2.05, 4.69) is 10.4 Å². The average molecular weight is 271 g/mol. The lowest BCUT2D eigenvalue weighted by Gasteiger charge is -2.15. The number of nitrogens with one attached hydrogen (secondary N) is 1. The summed E-state index contributed by atoms with van der Waals surface area (Å²) < 4.78 is 1.43. The lowest BCUT2D eigenvalue weighted by Crippen LogP contribution is -2.39. The van der Waals surface area contributed by atoms with Gasteiger partial charge in [-0.3, -0.25) is 14.3 Å². The standard InChI is InChI=1S/C11H15ClN4O2/c12-9-5-14-16(7-9)8-10(17)13-6-11(18)15-3-1-2-4-15/h5,7H,1-4,6,8H2,(H,13,17). The predicted octanol–water partition coefficient (Wildman–Crippen LogP) is 0.275. The number of halogens is 1. The molecule has 1 saturated heterocycles. The van der Waals surface area contributed by atoms with Crippen molar-refractivity contribution in [1.29, 1.82) is 0 Å². The van der Waals surface area contributed by atoms with E-state index < -0.39 is 0 Å². The molecule has 0 saturated carbocycles. The lowest BCUT2D eigenvalue weighted by molar-refractivity contribution is -0.132. The topological polar surface area (TPSA) is 67.2 Å². The zero-order valence-corrected chi connectivity index (χ0v) is 10.7. The summed E-state index contributed by atoms with van der Waals surface area (Å²) in [5, 5.41) is 6.95. The molecular formula is C11H15ClN4O2. The van der Waals surface area contributed by atoms with Crippen LogP contribution in [0.2, 0.25) is 5.02 Å². The molecule has 1 aromatic rings. The van der Waals surface area contributed by atoms with E-state index >= 15 is 0 Å². The van der Waals surface area contributed by atoms with Gasteiger partial charge in [-0.1, -0.05) is 11.6 Å². The molecule has 0 atom stereocenters. The van der Waals surface area contributed by atoms with Crippen LogP contribution in [0.15, 0.2) is 12.4 Å². The fourth-order valence-electron chi connectivity index (χ4n) is 1.88. The Morgan fingerprint density at radius 2 is 2.11 bits per heavy atom. The van der Waals surface area contributed by atoms with Gasteiger partial charge in [0.05, 0.1) is 17.8 Å². The molecule has 0 spiro atoms. The molecule has 1 fully saturated rings. The highest BCUT2D eigenvalue weighted by Crippen LogP contribution is 2.06. The molecule has 1 aliphatic rings. The van der Waals surface area contributed by atoms with Gasteiger partial charge in [0.2, 0.25) is 11.8 Å². The van der Waals surface area contributed by atoms with E-state index in [-0.39, 0.29) is 24.9 Å². The van der Waals surface area contributed by atoms with Crippen LogP contribution in [-0.2, 0) is 16.1 Å². The van der Waals surface area contributed by atoms with Crippen LogP contribution in [0.1, 0.15) is 12.8 Å². The summed E-state index contributed by atoms with van der Waals surface area (Å²) >= 11 is 5.68. The van der Waals surface area contributed by atoms with Crippen molar-refractivity contribution >= 4 is 23.4 Å². The van der Waals surface area contributed by atoms with Gasteiger partial charge in [0.1, 0.15) is 6.54 Å². The Labute approximate surface area is 110 Å². The van der Waals surface area contributed by atoms with Gasteiger partial charge in [0, 0.05) is 19.3 Å². The van der Waals surface area contributed by atoms with Crippen LogP contribution in [0.3, 0.4) is 0 Å². The van der Waals surface area contributed by atoms with Crippen molar-refractivity contribution in [3.63, 3.8) is 0 Å². The monoisotopic (exact) mass is 270 g/mol. The molecule has 7 heteroatoms. The third-order valence-electron chi connectivity index (χ3n) is 2.80. The van der Waals surface area contributed by atoms with Gasteiger partial charge in [-0.05, 0) is 12.8 Å². The van der Waals surface area contributed by atoms with Crippen molar-refractivity contribution in [1.82, 2.24) is 20.0 Å². The maximum absolute atomic E-state index is 11.7. The molecule has 1 aromatic heterocycles. The Morgan fingerprint density at radius 3 is 2.72 bits per heavy atom. The molecule has 6 nitrogen and oxygen atoms in total. The van der Waals surface area contributed by atoms with Gasteiger partial charge in [0.15, 0.2) is 0 Å². The molecule has 0 bridgehead atoms. The molecule has 0 aliphatic carbocycles. The van der Waals surface area contributed by atoms with Crippen molar-refractivity contribution in [3.8, 4) is 0 Å². The molecule has 18 heavy (non-hydrogen) atoms. The average Bonchev–Trinajstić information content (AvgIpc) is 2.97. The van der Waals surface area contributed by atoms with E-state index in [1.54, 1.807) is 11.1 Å². The van der Waals surface area contributed by atoms with Crippen LogP contribution in [0.4, 0.5) is 0 Å². The fraction of sp³-hybridized carbons (Fsp3) is 0.545. The van der Waals surface area contributed by atoms with Crippen molar-refractivity contribution in [3.05, 3.63) is 17.4 Å². The van der Waals surface area contributed by atoms with Crippen molar-refractivity contribution in [2.24, 2.45) is 0 Å². The highest BCUT2D eigenvalue weighted by atomic mass is 35.5. The second-order valence-corrected chi connectivity index (χ2v) is 4.66. The van der Waals surface area contributed by atoms with Crippen molar-refractivity contribution < 1.29 is 9.59 Å². The minimum absolute atomic E-state index is 0.0284. The minimum Gasteiger partial charge on any atom is -0.345 e. The highest BCUT2D eigenvalue weighted by Gasteiger charge is 2.18. The number of amides is 2. The summed E-state index contributed by atoms with van der Waals surface area (Å²) in [6.07, 6.45) is 5.12. The molecule has 0 unspecified atom stereocenters. The molecule has 0 aromatic carbocycles. The normalized spacial score (nSPS) is 14.8. The summed E-state index contributed by atoms with van der Waals surface area (Å²) in [6.45, 7) is 1.71. The third kappa shape index (κ3) is 3.46. The van der Waals surface area contributed by atoms with E-state index in [1.165, 1.54) is 10.9 Å². The molecule has 2 heterocycles. The number of carbonyl (C=O) groups excluding carboxylic acids is 2. The van der Waals surface area contributed by atoms with Crippen molar-refractivity contribution in [2.45, 2.75) is 19.4 Å². The molecule has 0 radical (unpaired) electrons. The Kier molecular flexibility index (Phi) is 4.19. The zero-order chi connectivity index (χ0) is 13.0. The molecule has 1 aliphatic heterocycles. The first-order valence-corrected chi connectivity index (χ1v) is 6.25. The van der Waals surface area contributed by atoms with Gasteiger partial charge < -0.3 is 10.2 Å². The summed E-state index contributed by atoms with van der Waals surface area (Å²) in [4.78, 5) is 25.0. The summed E-state index contributed by atoms with van der Waals surface area (Å²) in [5.74, 6) is -0.276. The number of hydrogen-bond donors (Lipinski definition) is 1. The van der Waals surface area contributed by atoms with E-state index in [9.17, 15) is 9.59 Å². The number of hydrogen-bond acceptors (Lipinski definition) is 3. The van der Waals surface area contributed by atoms with Crippen LogP contribution in [0, 0.1) is 0 Å². The van der Waals surface area contributed by atoms with Gasteiger partial charge in [-0.2, -0.15) is 5.10 Å². The van der Waals surface area contributed by atoms with Crippen LogP contribution < -0.4 is 5.32 Å². The molecule has 2 rings (SSSR count). The van der Waals surface area contributed by atoms with E-state index in [0.29, 0.717) is 5.02 Å². The Morgan fingerprint density at radius 1 is 1.39 bits per heavy atom. The van der Waals surface area contributed by atoms with E-state index in [0.717, 1.165) is 25.9 Å². The quantitative estimate of drug-likeness (QED) is 0.854. The summed E-state index contributed by atoms with van der Waals surface area (Å²) in [7, 11) is 0. The first-order valence-electron chi connectivity index (χ1n) is 5.87. The predicted molar refractivity (Wildman–Crippen MR) is 66.1 cm³/mol. The zero-order valence-electron chi connectivity index (χ0n) is 9.93. The SMILES string of the molecule is O=C(Cn1cc(Cl)cn1)NCC(=O)N1CCCC1. The van der Waals surface area contributed by atoms with Gasteiger partial charge in [0.25, 0.3) is 0 Å². The van der Waals surface area contributed by atoms with E-state index in [4.69, 9.17) is 11.6 Å². The molecule has 1 N–H and O–H groups in total. The third-order valence-corrected chi connectivity index (χ3v) is 3.00. The minimum atomic E-state index is -0.248. The second kappa shape index (κ2) is 5.86. The number of carbonyl (C=O) groups is 2. The molecule has 2 amide bonds. The first kappa shape index (κ1) is 12.9. The summed E-state index contributed by atoms with van der Waals surface area (Å²) in [6, 6.07) is 0. The Balaban J connectivity index is 1.72. The molecular weight excluding hydrogens is 256 g/mol. The van der Waals surface area contributed by atoms with Crippen LogP contribution in [0.25, 0.3) is 0 Å². The number of aromatic nitrogens is 2. The van der Waals surface area contributed by atoms with Crippen LogP contribution >= 0.6 is 11.6 Å². The highest BCUT2D eigenvalue weighted by molar-refractivity contribution is 6.30. The Bertz CT molecular complexity index is 440. The lowest BCUT2D eigenvalue weighted by atomic mass is 10.4. The van der Waals surface area contributed by atoms with Gasteiger partial charge >= 0.3 is 0 Å². The van der Waals surface area contributed by atoms with Crippen LogP contribution in [-0.4, -0.2) is 46.1 Å². The largest absolute Gasteiger partial charge is 0.345 e. The number of rotatable bonds is 4. The van der Waals surface area contributed by atoms with Gasteiger partial charge in [-0.25, -0.2) is 0 Å². The maximum Gasteiger partial charge on any atom is 0.242 e. The fourth-order valence-corrected chi connectivity index (χ4v) is 2.04. The number of nitrogens with zero attached hydrogens (tertiary/aromatic N) is 3. The molecule has 98 valence electrons. The van der Waals surface area contributed by atoms with Gasteiger partial charge in [-0.15, -0.1) is 0 Å². The second-order valence-electron chi connectivity index (χ2n) is 4.22. The summed E-state index contributed by atoms with van der Waals surface area (Å²) in [5.41, 5.74) is 0.